The maximum absolute atomic E-state index is 12.6. The number of benzene rings is 1. The number of carbonyl (C=O) groups excluding carboxylic acids is 1. The van der Waals surface area contributed by atoms with Crippen LogP contribution in [0.3, 0.4) is 0 Å². The first-order chi connectivity index (χ1) is 15.0. The highest BCUT2D eigenvalue weighted by molar-refractivity contribution is 7.89. The van der Waals surface area contributed by atoms with Gasteiger partial charge in [0.15, 0.2) is 5.69 Å². The lowest BCUT2D eigenvalue weighted by molar-refractivity contribution is -0.274. The minimum Gasteiger partial charge on any atom is -0.406 e. The third-order valence-corrected chi connectivity index (χ3v) is 6.83. The fourth-order valence-electron chi connectivity index (χ4n) is 3.03. The summed E-state index contributed by atoms with van der Waals surface area (Å²) in [6.07, 6.45) is -3.40. The second kappa shape index (κ2) is 9.42. The smallest absolute Gasteiger partial charge is 0.406 e. The van der Waals surface area contributed by atoms with Crippen LogP contribution in [0.2, 0.25) is 0 Å². The van der Waals surface area contributed by atoms with Gasteiger partial charge >= 0.3 is 6.36 Å². The lowest BCUT2D eigenvalue weighted by Gasteiger charge is -2.31. The van der Waals surface area contributed by atoms with Gasteiger partial charge in [-0.25, -0.2) is 8.42 Å². The van der Waals surface area contributed by atoms with Gasteiger partial charge in [0, 0.05) is 39.8 Å². The molecular weight excluding hydrogens is 453 g/mol. The van der Waals surface area contributed by atoms with E-state index in [9.17, 15) is 26.4 Å². The van der Waals surface area contributed by atoms with Crippen LogP contribution < -0.4 is 4.74 Å². The number of amides is 1. The molecule has 10 nitrogen and oxygen atoms in total. The van der Waals surface area contributed by atoms with Crippen LogP contribution in [0.4, 0.5) is 13.2 Å². The number of aromatic nitrogens is 3. The summed E-state index contributed by atoms with van der Waals surface area (Å²) in [6.45, 7) is 2.87. The third-order valence-electron chi connectivity index (χ3n) is 4.96. The first-order valence-corrected chi connectivity index (χ1v) is 11.1. The number of likely N-dealkylation sites (N-methyl/N-ethyl adjacent to an activating group) is 2. The van der Waals surface area contributed by atoms with Gasteiger partial charge in [-0.1, -0.05) is 5.21 Å². The number of rotatable bonds is 7. The molecule has 1 aromatic heterocycles. The third kappa shape index (κ3) is 5.95. The molecule has 1 aromatic carbocycles. The zero-order valence-corrected chi connectivity index (χ0v) is 18.3. The van der Waals surface area contributed by atoms with Gasteiger partial charge in [-0.3, -0.25) is 9.48 Å². The molecule has 2 heterocycles. The van der Waals surface area contributed by atoms with Gasteiger partial charge in [0.05, 0.1) is 17.6 Å². The van der Waals surface area contributed by atoms with Crippen molar-refractivity contribution in [1.82, 2.24) is 29.1 Å². The number of halogens is 3. The van der Waals surface area contributed by atoms with E-state index in [-0.39, 0.29) is 29.6 Å². The van der Waals surface area contributed by atoms with Crippen LogP contribution in [0.5, 0.6) is 5.75 Å². The van der Waals surface area contributed by atoms with Crippen LogP contribution in [0.15, 0.2) is 35.4 Å². The van der Waals surface area contributed by atoms with Gasteiger partial charge in [0.25, 0.3) is 5.91 Å². The monoisotopic (exact) mass is 476 g/mol. The molecule has 0 N–H and O–H groups in total. The number of hydrogen-bond donors (Lipinski definition) is 0. The summed E-state index contributed by atoms with van der Waals surface area (Å²) < 4.78 is 68.2. The molecule has 176 valence electrons. The number of alkyl halides is 3. The Morgan fingerprint density at radius 2 is 1.78 bits per heavy atom. The average Bonchev–Trinajstić information content (AvgIpc) is 3.20. The second-order valence-electron chi connectivity index (χ2n) is 7.31. The van der Waals surface area contributed by atoms with Gasteiger partial charge in [0.1, 0.15) is 5.75 Å². The molecule has 3 rings (SSSR count). The van der Waals surface area contributed by atoms with Crippen LogP contribution in [0, 0.1) is 0 Å². The van der Waals surface area contributed by atoms with Crippen molar-refractivity contribution in [2.75, 3.05) is 46.8 Å². The van der Waals surface area contributed by atoms with Crippen LogP contribution in [-0.4, -0.2) is 96.6 Å². The topological polar surface area (TPSA) is 101 Å². The Balaban J connectivity index is 1.58. The predicted molar refractivity (Wildman–Crippen MR) is 106 cm³/mol. The lowest BCUT2D eigenvalue weighted by Crippen LogP contribution is -2.47. The van der Waals surface area contributed by atoms with Gasteiger partial charge in [-0.2, -0.15) is 4.31 Å². The quantitative estimate of drug-likeness (QED) is 0.585. The van der Waals surface area contributed by atoms with E-state index in [1.54, 1.807) is 4.90 Å². The highest BCUT2D eigenvalue weighted by Gasteiger charge is 2.31. The highest BCUT2D eigenvalue weighted by Crippen LogP contribution is 2.24. The summed E-state index contributed by atoms with van der Waals surface area (Å²) in [4.78, 5) is 16.2. The van der Waals surface area contributed by atoms with Gasteiger partial charge in [-0.15, -0.1) is 18.3 Å². The second-order valence-corrected chi connectivity index (χ2v) is 9.35. The maximum atomic E-state index is 12.6. The molecule has 1 aliphatic rings. The van der Waals surface area contributed by atoms with Gasteiger partial charge < -0.3 is 14.5 Å². The molecule has 32 heavy (non-hydrogen) atoms. The average molecular weight is 476 g/mol. The van der Waals surface area contributed by atoms with E-state index in [1.807, 2.05) is 7.05 Å². The van der Waals surface area contributed by atoms with Crippen molar-refractivity contribution < 1.29 is 31.1 Å². The molecule has 2 aromatic rings. The molecule has 0 aliphatic carbocycles. The number of hydrogen-bond acceptors (Lipinski definition) is 7. The number of carbonyl (C=O) groups is 1. The van der Waals surface area contributed by atoms with E-state index in [1.165, 1.54) is 17.9 Å². The highest BCUT2D eigenvalue weighted by atomic mass is 32.2. The Hall–Kier alpha value is -2.71. The minimum absolute atomic E-state index is 0.00857. The summed E-state index contributed by atoms with van der Waals surface area (Å²) in [6, 6.07) is 3.94. The Bertz CT molecular complexity index is 1030. The SMILES string of the molecule is CN1CCN(C(=O)c2cn(CCN(C)S(=O)(=O)c3ccc(OC(F)(F)F)cc3)nn2)CC1. The first kappa shape index (κ1) is 23.9. The van der Waals surface area contributed by atoms with Crippen LogP contribution in [-0.2, 0) is 16.6 Å². The molecule has 0 saturated carbocycles. The van der Waals surface area contributed by atoms with E-state index in [2.05, 4.69) is 19.9 Å². The molecule has 14 heteroatoms. The Morgan fingerprint density at radius 3 is 2.38 bits per heavy atom. The van der Waals surface area contributed by atoms with E-state index in [4.69, 9.17) is 0 Å². The zero-order valence-electron chi connectivity index (χ0n) is 17.5. The van der Waals surface area contributed by atoms with Crippen LogP contribution in [0.1, 0.15) is 10.5 Å². The van der Waals surface area contributed by atoms with Crippen molar-refractivity contribution in [1.29, 1.82) is 0 Å². The van der Waals surface area contributed by atoms with E-state index >= 15 is 0 Å². The summed E-state index contributed by atoms with van der Waals surface area (Å²) in [5, 5.41) is 7.77. The van der Waals surface area contributed by atoms with Crippen LogP contribution in [0.25, 0.3) is 0 Å². The number of nitrogens with zero attached hydrogens (tertiary/aromatic N) is 6. The van der Waals surface area contributed by atoms with Crippen molar-refractivity contribution in [3.05, 3.63) is 36.2 Å². The van der Waals surface area contributed by atoms with Crippen molar-refractivity contribution in [2.24, 2.45) is 0 Å². The maximum Gasteiger partial charge on any atom is 0.573 e. The van der Waals surface area contributed by atoms with Gasteiger partial charge in [-0.05, 0) is 31.3 Å². The van der Waals surface area contributed by atoms with Crippen molar-refractivity contribution in [3.8, 4) is 5.75 Å². The summed E-state index contributed by atoms with van der Waals surface area (Å²) in [5.41, 5.74) is 0.181. The number of sulfonamides is 1. The molecule has 0 radical (unpaired) electrons. The fraction of sp³-hybridized carbons (Fsp3) is 0.500. The predicted octanol–water partition coefficient (Wildman–Crippen LogP) is 0.885. The van der Waals surface area contributed by atoms with E-state index < -0.39 is 22.1 Å². The molecule has 0 atom stereocenters. The lowest BCUT2D eigenvalue weighted by atomic mass is 10.3. The van der Waals surface area contributed by atoms with Gasteiger partial charge in [0.2, 0.25) is 10.0 Å². The Labute approximate surface area is 183 Å². The summed E-state index contributed by atoms with van der Waals surface area (Å²) in [5.74, 6) is -0.745. The molecule has 0 unspecified atom stereocenters. The van der Waals surface area contributed by atoms with Crippen LogP contribution >= 0.6 is 0 Å². The molecule has 1 saturated heterocycles. The van der Waals surface area contributed by atoms with Crippen molar-refractivity contribution in [3.63, 3.8) is 0 Å². The first-order valence-electron chi connectivity index (χ1n) is 9.66. The van der Waals surface area contributed by atoms with Crippen molar-refractivity contribution in [2.45, 2.75) is 17.8 Å². The Kier molecular flexibility index (Phi) is 7.05. The largest absolute Gasteiger partial charge is 0.573 e. The molecule has 1 amide bonds. The summed E-state index contributed by atoms with van der Waals surface area (Å²) >= 11 is 0. The molecule has 0 spiro atoms. The van der Waals surface area contributed by atoms with Crippen molar-refractivity contribution >= 4 is 15.9 Å². The fourth-order valence-corrected chi connectivity index (χ4v) is 4.20. The Morgan fingerprint density at radius 1 is 1.16 bits per heavy atom. The van der Waals surface area contributed by atoms with E-state index in [0.29, 0.717) is 13.1 Å². The molecule has 1 fully saturated rings. The molecular formula is C18H23F3N6O4S. The standard InChI is InChI=1S/C18H23F3N6O4S/c1-24-7-10-26(11-8-24)17(28)16-13-27(23-22-16)12-9-25(2)32(29,30)15-5-3-14(4-6-15)31-18(19,20)21/h3-6,13H,7-12H2,1-2H3. The number of piperazine rings is 1. The molecule has 0 bridgehead atoms. The zero-order chi connectivity index (χ0) is 23.5. The summed E-state index contributed by atoms with van der Waals surface area (Å²) in [7, 11) is -0.631. The molecule has 1 aliphatic heterocycles. The van der Waals surface area contributed by atoms with E-state index in [0.717, 1.165) is 41.7 Å². The minimum atomic E-state index is -4.86. The number of ether oxygens (including phenoxy) is 1. The normalized spacial score (nSPS) is 15.9.